The maximum Gasteiger partial charge on any atom is 0.228 e. The van der Waals surface area contributed by atoms with E-state index in [2.05, 4.69) is 67.2 Å². The topological polar surface area (TPSA) is 37.2 Å². The number of nitrogens with zero attached hydrogens (tertiary/aromatic N) is 3. The lowest BCUT2D eigenvalue weighted by atomic mass is 9.77. The smallest absolute Gasteiger partial charge is 0.228 e. The van der Waals surface area contributed by atoms with Crippen LogP contribution in [-0.4, -0.2) is 31.2 Å². The van der Waals surface area contributed by atoms with E-state index in [-0.39, 0.29) is 17.4 Å². The van der Waals surface area contributed by atoms with E-state index < -0.39 is 5.72 Å². The van der Waals surface area contributed by atoms with Crippen LogP contribution in [0.5, 0.6) is 0 Å². The summed E-state index contributed by atoms with van der Waals surface area (Å²) in [5, 5.41) is 0. The van der Waals surface area contributed by atoms with Gasteiger partial charge in [-0.25, -0.2) is 0 Å². The molecule has 1 aromatic carbocycles. The SMILES string of the molecule is CN1c2ccccc2C(C)(C)C12C=NC1=C(C=CC3N=CC=CC13)O2. The first-order valence-corrected chi connectivity index (χ1v) is 8.74. The quantitative estimate of drug-likeness (QED) is 0.728. The third-order valence-electron chi connectivity index (χ3n) is 6.02. The van der Waals surface area contributed by atoms with Gasteiger partial charge in [-0.2, -0.15) is 0 Å². The van der Waals surface area contributed by atoms with Crippen molar-refractivity contribution >= 4 is 18.1 Å². The zero-order valence-electron chi connectivity index (χ0n) is 14.7. The summed E-state index contributed by atoms with van der Waals surface area (Å²) in [7, 11) is 2.09. The van der Waals surface area contributed by atoms with E-state index in [9.17, 15) is 0 Å². The molecule has 4 aliphatic rings. The number of dihydropyridines is 1. The zero-order chi connectivity index (χ0) is 17.2. The van der Waals surface area contributed by atoms with Gasteiger partial charge in [0.15, 0.2) is 0 Å². The number of hydrogen-bond donors (Lipinski definition) is 0. The van der Waals surface area contributed by atoms with Crippen molar-refractivity contribution in [2.24, 2.45) is 15.9 Å². The molecule has 0 N–H and O–H groups in total. The van der Waals surface area contributed by atoms with Crippen molar-refractivity contribution in [2.45, 2.75) is 31.0 Å². The number of rotatable bonds is 0. The van der Waals surface area contributed by atoms with Crippen LogP contribution < -0.4 is 4.90 Å². The van der Waals surface area contributed by atoms with Crippen molar-refractivity contribution in [1.29, 1.82) is 0 Å². The average Bonchev–Trinajstić information content (AvgIpc) is 2.81. The van der Waals surface area contributed by atoms with Crippen LogP contribution in [0.3, 0.4) is 0 Å². The molecule has 3 heterocycles. The third-order valence-corrected chi connectivity index (χ3v) is 6.02. The van der Waals surface area contributed by atoms with E-state index in [1.54, 1.807) is 0 Å². The largest absolute Gasteiger partial charge is 0.460 e. The summed E-state index contributed by atoms with van der Waals surface area (Å²) in [6, 6.07) is 8.63. The number of benzene rings is 1. The minimum Gasteiger partial charge on any atom is -0.460 e. The van der Waals surface area contributed by atoms with Crippen molar-refractivity contribution in [3.63, 3.8) is 0 Å². The first-order chi connectivity index (χ1) is 12.0. The average molecular weight is 331 g/mol. The van der Waals surface area contributed by atoms with Gasteiger partial charge in [-0.15, -0.1) is 0 Å². The number of fused-ring (bicyclic) bond motifs is 3. The summed E-state index contributed by atoms with van der Waals surface area (Å²) in [6.45, 7) is 4.46. The molecule has 0 amide bonds. The second-order valence-corrected chi connectivity index (χ2v) is 7.57. The van der Waals surface area contributed by atoms with Gasteiger partial charge in [-0.05, 0) is 37.6 Å². The molecule has 0 bridgehead atoms. The van der Waals surface area contributed by atoms with Crippen molar-refractivity contribution < 1.29 is 4.74 Å². The van der Waals surface area contributed by atoms with Crippen LogP contribution in [0.15, 0.2) is 70.0 Å². The fourth-order valence-corrected chi connectivity index (χ4v) is 4.50. The van der Waals surface area contributed by atoms with Crippen LogP contribution in [0, 0.1) is 5.92 Å². The normalized spacial score (nSPS) is 33.3. The van der Waals surface area contributed by atoms with Gasteiger partial charge in [0, 0.05) is 24.9 Å². The van der Waals surface area contributed by atoms with Crippen LogP contribution >= 0.6 is 0 Å². The highest BCUT2D eigenvalue weighted by atomic mass is 16.5. The number of ether oxygens (including phenoxy) is 1. The summed E-state index contributed by atoms with van der Waals surface area (Å²) < 4.78 is 6.68. The maximum atomic E-state index is 6.68. The third kappa shape index (κ3) is 1.72. The van der Waals surface area contributed by atoms with Crippen LogP contribution in [-0.2, 0) is 10.2 Å². The van der Waals surface area contributed by atoms with Crippen LogP contribution in [0.1, 0.15) is 19.4 Å². The number of likely N-dealkylation sites (N-methyl/N-ethyl adjacent to an activating group) is 1. The minimum absolute atomic E-state index is 0.130. The van der Waals surface area contributed by atoms with E-state index >= 15 is 0 Å². The van der Waals surface area contributed by atoms with Crippen molar-refractivity contribution in [2.75, 3.05) is 11.9 Å². The molecule has 3 unspecified atom stereocenters. The number of anilines is 1. The van der Waals surface area contributed by atoms with E-state index in [0.29, 0.717) is 0 Å². The molecular weight excluding hydrogens is 310 g/mol. The lowest BCUT2D eigenvalue weighted by Gasteiger charge is -2.46. The molecule has 4 heteroatoms. The highest BCUT2D eigenvalue weighted by Gasteiger charge is 2.59. The van der Waals surface area contributed by atoms with Gasteiger partial charge in [0.1, 0.15) is 5.76 Å². The molecule has 0 radical (unpaired) electrons. The van der Waals surface area contributed by atoms with E-state index in [1.807, 2.05) is 24.6 Å². The molecule has 0 saturated carbocycles. The summed E-state index contributed by atoms with van der Waals surface area (Å²) >= 11 is 0. The lowest BCUT2D eigenvalue weighted by molar-refractivity contribution is 0.0188. The standard InChI is InChI=1S/C21H21N3O/c1-20(2)15-8-4-5-9-17(15)24(3)21(20)13-23-19-14-7-6-12-22-16(14)10-11-18(19)25-21/h4-14,16H,1-3H3. The summed E-state index contributed by atoms with van der Waals surface area (Å²) in [4.78, 5) is 11.7. The van der Waals surface area contributed by atoms with Gasteiger partial charge in [0.2, 0.25) is 5.72 Å². The van der Waals surface area contributed by atoms with Crippen LogP contribution in [0.2, 0.25) is 0 Å². The summed E-state index contributed by atoms with van der Waals surface area (Å²) in [5.41, 5.74) is 2.63. The second-order valence-electron chi connectivity index (χ2n) is 7.57. The zero-order valence-corrected chi connectivity index (χ0v) is 14.7. The summed E-state index contributed by atoms with van der Waals surface area (Å²) in [5.74, 6) is 1.02. The highest BCUT2D eigenvalue weighted by Crippen LogP contribution is 2.53. The number of allylic oxidation sites excluding steroid dienone is 2. The Bertz CT molecular complexity index is 905. The Kier molecular flexibility index (Phi) is 2.77. The predicted molar refractivity (Wildman–Crippen MR) is 101 cm³/mol. The molecule has 4 nitrogen and oxygen atoms in total. The maximum absolute atomic E-state index is 6.68. The van der Waals surface area contributed by atoms with Crippen molar-refractivity contribution in [1.82, 2.24) is 0 Å². The molecule has 1 spiro atoms. The first kappa shape index (κ1) is 14.7. The minimum atomic E-state index is -0.617. The molecule has 126 valence electrons. The van der Waals surface area contributed by atoms with Gasteiger partial charge in [0.25, 0.3) is 0 Å². The molecule has 3 aliphatic heterocycles. The van der Waals surface area contributed by atoms with Gasteiger partial charge in [0.05, 0.1) is 23.4 Å². The van der Waals surface area contributed by atoms with Crippen molar-refractivity contribution in [3.8, 4) is 0 Å². The Labute approximate surface area is 147 Å². The Balaban J connectivity index is 1.60. The number of aliphatic imine (C=N–C) groups is 2. The first-order valence-electron chi connectivity index (χ1n) is 8.74. The van der Waals surface area contributed by atoms with Crippen LogP contribution in [0.25, 0.3) is 0 Å². The monoisotopic (exact) mass is 331 g/mol. The lowest BCUT2D eigenvalue weighted by Crippen LogP contribution is -2.59. The van der Waals surface area contributed by atoms with E-state index in [4.69, 9.17) is 9.73 Å². The second kappa shape index (κ2) is 4.72. The van der Waals surface area contributed by atoms with E-state index in [1.165, 1.54) is 11.3 Å². The molecule has 5 rings (SSSR count). The van der Waals surface area contributed by atoms with E-state index in [0.717, 1.165) is 11.5 Å². The predicted octanol–water partition coefficient (Wildman–Crippen LogP) is 3.62. The molecule has 0 saturated heterocycles. The molecule has 1 aliphatic carbocycles. The summed E-state index contributed by atoms with van der Waals surface area (Å²) in [6.07, 6.45) is 12.2. The van der Waals surface area contributed by atoms with Gasteiger partial charge < -0.3 is 9.64 Å². The fourth-order valence-electron chi connectivity index (χ4n) is 4.50. The fraction of sp³-hybridized carbons (Fsp3) is 0.333. The number of para-hydroxylation sites is 1. The Morgan fingerprint density at radius 2 is 2.00 bits per heavy atom. The Hall–Kier alpha value is -2.62. The Morgan fingerprint density at radius 1 is 1.16 bits per heavy atom. The molecule has 1 aromatic rings. The molecule has 0 fully saturated rings. The van der Waals surface area contributed by atoms with Crippen molar-refractivity contribution in [3.05, 3.63) is 65.6 Å². The highest BCUT2D eigenvalue weighted by molar-refractivity contribution is 5.85. The van der Waals surface area contributed by atoms with Gasteiger partial charge in [-0.3, -0.25) is 9.98 Å². The van der Waals surface area contributed by atoms with Crippen LogP contribution in [0.4, 0.5) is 5.69 Å². The van der Waals surface area contributed by atoms with Gasteiger partial charge in [-0.1, -0.05) is 30.4 Å². The molecular formula is C21H21N3O. The number of hydrogen-bond acceptors (Lipinski definition) is 4. The molecule has 3 atom stereocenters. The molecule has 25 heavy (non-hydrogen) atoms. The Morgan fingerprint density at radius 3 is 2.84 bits per heavy atom. The molecule has 0 aromatic heterocycles. The van der Waals surface area contributed by atoms with Gasteiger partial charge >= 0.3 is 0 Å².